The van der Waals surface area contributed by atoms with Crippen LogP contribution in [0.3, 0.4) is 0 Å². The summed E-state index contributed by atoms with van der Waals surface area (Å²) >= 11 is 0. The molecule has 0 saturated heterocycles. The molecular formula is C13H19NO3. The van der Waals surface area contributed by atoms with Crippen molar-refractivity contribution in [3.05, 3.63) is 29.8 Å². The van der Waals surface area contributed by atoms with Gasteiger partial charge in [-0.1, -0.05) is 12.1 Å². The van der Waals surface area contributed by atoms with Gasteiger partial charge >= 0.3 is 5.97 Å². The molecule has 0 bridgehead atoms. The van der Waals surface area contributed by atoms with Crippen molar-refractivity contribution < 1.29 is 14.6 Å². The van der Waals surface area contributed by atoms with Gasteiger partial charge in [-0.15, -0.1) is 0 Å². The van der Waals surface area contributed by atoms with E-state index in [1.54, 1.807) is 0 Å². The van der Waals surface area contributed by atoms with Gasteiger partial charge in [0, 0.05) is 12.5 Å². The fourth-order valence-electron chi connectivity index (χ4n) is 1.54. The predicted octanol–water partition coefficient (Wildman–Crippen LogP) is 2.34. The van der Waals surface area contributed by atoms with Gasteiger partial charge in [0.1, 0.15) is 5.75 Å². The maximum atomic E-state index is 10.5. The molecule has 0 saturated carbocycles. The van der Waals surface area contributed by atoms with Crippen LogP contribution in [0.15, 0.2) is 24.3 Å². The number of ether oxygens (including phenoxy) is 1. The number of hydrogen-bond acceptors (Lipinski definition) is 3. The molecule has 1 aromatic rings. The second-order valence-corrected chi connectivity index (χ2v) is 4.28. The van der Waals surface area contributed by atoms with Crippen LogP contribution in [0.2, 0.25) is 0 Å². The Morgan fingerprint density at radius 1 is 1.47 bits per heavy atom. The molecule has 0 amide bonds. The zero-order valence-corrected chi connectivity index (χ0v) is 10.2. The third-order valence-electron chi connectivity index (χ3n) is 2.33. The molecule has 1 aromatic carbocycles. The molecule has 1 rings (SSSR count). The van der Waals surface area contributed by atoms with E-state index in [1.807, 2.05) is 38.1 Å². The maximum Gasteiger partial charge on any atom is 0.303 e. The van der Waals surface area contributed by atoms with Crippen molar-refractivity contribution in [2.45, 2.75) is 38.8 Å². The van der Waals surface area contributed by atoms with Gasteiger partial charge < -0.3 is 15.6 Å². The van der Waals surface area contributed by atoms with Crippen LogP contribution < -0.4 is 10.5 Å². The van der Waals surface area contributed by atoms with Crippen LogP contribution >= 0.6 is 0 Å². The van der Waals surface area contributed by atoms with E-state index in [-0.39, 0.29) is 18.6 Å². The number of benzene rings is 1. The Labute approximate surface area is 101 Å². The number of nitrogens with two attached hydrogens (primary N) is 1. The van der Waals surface area contributed by atoms with E-state index in [2.05, 4.69) is 0 Å². The van der Waals surface area contributed by atoms with Gasteiger partial charge in [0.25, 0.3) is 0 Å². The lowest BCUT2D eigenvalue weighted by Crippen LogP contribution is -2.13. The fraction of sp³-hybridized carbons (Fsp3) is 0.462. The molecule has 0 radical (unpaired) electrons. The maximum absolute atomic E-state index is 10.5. The van der Waals surface area contributed by atoms with Crippen molar-refractivity contribution in [2.75, 3.05) is 0 Å². The quantitative estimate of drug-likeness (QED) is 0.796. The molecule has 94 valence electrons. The number of rotatable bonds is 6. The van der Waals surface area contributed by atoms with E-state index in [0.29, 0.717) is 6.42 Å². The van der Waals surface area contributed by atoms with Crippen molar-refractivity contribution in [2.24, 2.45) is 5.73 Å². The van der Waals surface area contributed by atoms with E-state index in [4.69, 9.17) is 15.6 Å². The first-order chi connectivity index (χ1) is 7.99. The van der Waals surface area contributed by atoms with E-state index in [9.17, 15) is 4.79 Å². The third kappa shape index (κ3) is 4.87. The highest BCUT2D eigenvalue weighted by Crippen LogP contribution is 2.21. The number of carboxylic acids is 1. The van der Waals surface area contributed by atoms with Gasteiger partial charge in [-0.3, -0.25) is 4.79 Å². The first kappa shape index (κ1) is 13.5. The second kappa shape index (κ2) is 6.25. The van der Waals surface area contributed by atoms with Crippen molar-refractivity contribution in [3.8, 4) is 5.75 Å². The largest absolute Gasteiger partial charge is 0.491 e. The molecule has 0 aliphatic carbocycles. The van der Waals surface area contributed by atoms with Crippen LogP contribution in [0, 0.1) is 0 Å². The number of carboxylic acid groups (broad SMARTS) is 1. The summed E-state index contributed by atoms with van der Waals surface area (Å²) in [5, 5.41) is 8.60. The lowest BCUT2D eigenvalue weighted by molar-refractivity contribution is -0.137. The predicted molar refractivity (Wildman–Crippen MR) is 66.0 cm³/mol. The van der Waals surface area contributed by atoms with Gasteiger partial charge in [-0.05, 0) is 38.0 Å². The Hall–Kier alpha value is -1.55. The SMILES string of the molecule is CC(C)Oc1cccc(C(N)CCC(=O)O)c1. The second-order valence-electron chi connectivity index (χ2n) is 4.28. The minimum absolute atomic E-state index is 0.0798. The van der Waals surface area contributed by atoms with Crippen LogP contribution in [0.25, 0.3) is 0 Å². The molecule has 0 aliphatic rings. The zero-order chi connectivity index (χ0) is 12.8. The van der Waals surface area contributed by atoms with Crippen molar-refractivity contribution >= 4 is 5.97 Å². The molecule has 4 nitrogen and oxygen atoms in total. The summed E-state index contributed by atoms with van der Waals surface area (Å²) < 4.78 is 5.56. The molecule has 3 N–H and O–H groups in total. The van der Waals surface area contributed by atoms with Gasteiger partial charge in [0.2, 0.25) is 0 Å². The number of aliphatic carboxylic acids is 1. The van der Waals surface area contributed by atoms with Gasteiger partial charge in [-0.2, -0.15) is 0 Å². The van der Waals surface area contributed by atoms with Crippen LogP contribution in [0.1, 0.15) is 38.3 Å². The molecule has 0 aromatic heterocycles. The first-order valence-electron chi connectivity index (χ1n) is 5.73. The van der Waals surface area contributed by atoms with Gasteiger partial charge in [-0.25, -0.2) is 0 Å². The van der Waals surface area contributed by atoms with E-state index in [1.165, 1.54) is 0 Å². The van der Waals surface area contributed by atoms with Crippen LogP contribution in [-0.4, -0.2) is 17.2 Å². The molecular weight excluding hydrogens is 218 g/mol. The Morgan fingerprint density at radius 2 is 2.18 bits per heavy atom. The molecule has 1 unspecified atom stereocenters. The van der Waals surface area contributed by atoms with Crippen LogP contribution in [0.4, 0.5) is 0 Å². The monoisotopic (exact) mass is 237 g/mol. The molecule has 1 atom stereocenters. The summed E-state index contributed by atoms with van der Waals surface area (Å²) in [6.45, 7) is 3.91. The summed E-state index contributed by atoms with van der Waals surface area (Å²) in [5.41, 5.74) is 6.83. The number of hydrogen-bond donors (Lipinski definition) is 2. The molecule has 0 aliphatic heterocycles. The normalized spacial score (nSPS) is 12.5. The Morgan fingerprint density at radius 3 is 2.76 bits per heavy atom. The summed E-state index contributed by atoms with van der Waals surface area (Å²) in [6.07, 6.45) is 0.622. The lowest BCUT2D eigenvalue weighted by atomic mass is 10.0. The van der Waals surface area contributed by atoms with E-state index in [0.717, 1.165) is 11.3 Å². The standard InChI is InChI=1S/C13H19NO3/c1-9(2)17-11-5-3-4-10(8-11)12(14)6-7-13(15)16/h3-5,8-9,12H,6-7,14H2,1-2H3,(H,15,16). The molecule has 17 heavy (non-hydrogen) atoms. The summed E-state index contributed by atoms with van der Waals surface area (Å²) in [4.78, 5) is 10.5. The molecule has 0 spiro atoms. The highest BCUT2D eigenvalue weighted by Gasteiger charge is 2.09. The molecule has 0 fully saturated rings. The minimum atomic E-state index is -0.824. The zero-order valence-electron chi connectivity index (χ0n) is 10.2. The number of carbonyl (C=O) groups is 1. The van der Waals surface area contributed by atoms with E-state index >= 15 is 0 Å². The third-order valence-corrected chi connectivity index (χ3v) is 2.33. The molecule has 0 heterocycles. The smallest absolute Gasteiger partial charge is 0.303 e. The minimum Gasteiger partial charge on any atom is -0.491 e. The summed E-state index contributed by atoms with van der Waals surface area (Å²) in [6, 6.07) is 7.23. The first-order valence-corrected chi connectivity index (χ1v) is 5.73. The Kier molecular flexibility index (Phi) is 4.97. The highest BCUT2D eigenvalue weighted by molar-refractivity contribution is 5.66. The van der Waals surface area contributed by atoms with E-state index < -0.39 is 5.97 Å². The van der Waals surface area contributed by atoms with Crippen LogP contribution in [-0.2, 0) is 4.79 Å². The highest BCUT2D eigenvalue weighted by atomic mass is 16.5. The lowest BCUT2D eigenvalue weighted by Gasteiger charge is -2.14. The Balaban J connectivity index is 2.66. The topological polar surface area (TPSA) is 72.5 Å². The Bertz CT molecular complexity index is 377. The fourth-order valence-corrected chi connectivity index (χ4v) is 1.54. The van der Waals surface area contributed by atoms with Gasteiger partial charge in [0.15, 0.2) is 0 Å². The van der Waals surface area contributed by atoms with Gasteiger partial charge in [0.05, 0.1) is 6.10 Å². The summed E-state index contributed by atoms with van der Waals surface area (Å²) in [5.74, 6) is -0.0571. The van der Waals surface area contributed by atoms with Crippen molar-refractivity contribution in [1.82, 2.24) is 0 Å². The average Bonchev–Trinajstić information content (AvgIpc) is 2.25. The average molecular weight is 237 g/mol. The molecule has 4 heteroatoms. The van der Waals surface area contributed by atoms with Crippen LogP contribution in [0.5, 0.6) is 5.75 Å². The summed E-state index contributed by atoms with van der Waals surface area (Å²) in [7, 11) is 0. The van der Waals surface area contributed by atoms with Crippen molar-refractivity contribution in [1.29, 1.82) is 0 Å². The van der Waals surface area contributed by atoms with Crippen molar-refractivity contribution in [3.63, 3.8) is 0 Å².